The third-order valence-corrected chi connectivity index (χ3v) is 4.81. The van der Waals surface area contributed by atoms with E-state index in [1.807, 2.05) is 0 Å². The number of nitrogens with zero attached hydrogens (tertiary/aromatic N) is 1. The van der Waals surface area contributed by atoms with Crippen molar-refractivity contribution in [2.75, 3.05) is 26.3 Å². The summed E-state index contributed by atoms with van der Waals surface area (Å²) in [6.45, 7) is 0.930. The second-order valence-electron chi connectivity index (χ2n) is 4.36. The van der Waals surface area contributed by atoms with Gasteiger partial charge in [0.05, 0.1) is 6.61 Å². The highest BCUT2D eigenvalue weighted by Gasteiger charge is 2.35. The van der Waals surface area contributed by atoms with E-state index < -0.39 is 27.0 Å². The molecule has 1 fully saturated rings. The van der Waals surface area contributed by atoms with Crippen LogP contribution in [0.3, 0.4) is 0 Å². The normalized spacial score (nSPS) is 18.2. The molecule has 1 aromatic carbocycles. The van der Waals surface area contributed by atoms with Gasteiger partial charge in [-0.25, -0.2) is 8.42 Å². The van der Waals surface area contributed by atoms with Crippen LogP contribution in [0.25, 0.3) is 0 Å². The molecule has 0 spiro atoms. The minimum Gasteiger partial charge on any atom is -0.404 e. The first-order valence-electron chi connectivity index (χ1n) is 6.23. The van der Waals surface area contributed by atoms with Gasteiger partial charge in [0, 0.05) is 19.7 Å². The van der Waals surface area contributed by atoms with Gasteiger partial charge in [0.2, 0.25) is 10.0 Å². The highest BCUT2D eigenvalue weighted by Crippen LogP contribution is 2.31. The SMILES string of the molecule is O=S(=O)(c1ccccc1OC(F)(F)F)N1CCCOCC1. The summed E-state index contributed by atoms with van der Waals surface area (Å²) >= 11 is 0. The molecule has 0 amide bonds. The molecule has 0 atom stereocenters. The summed E-state index contributed by atoms with van der Waals surface area (Å²) in [4.78, 5) is -0.496. The summed E-state index contributed by atoms with van der Waals surface area (Å²) in [6.07, 6.45) is -4.46. The Kier molecular flexibility index (Phi) is 4.74. The monoisotopic (exact) mass is 325 g/mol. The molecule has 1 saturated heterocycles. The van der Waals surface area contributed by atoms with Crippen LogP contribution >= 0.6 is 0 Å². The second kappa shape index (κ2) is 6.20. The van der Waals surface area contributed by atoms with Gasteiger partial charge in [0.1, 0.15) is 10.6 Å². The third kappa shape index (κ3) is 4.08. The Morgan fingerprint density at radius 2 is 1.86 bits per heavy atom. The zero-order chi connectivity index (χ0) is 15.5. The van der Waals surface area contributed by atoms with Crippen LogP contribution in [0.1, 0.15) is 6.42 Å². The van der Waals surface area contributed by atoms with E-state index in [0.29, 0.717) is 13.0 Å². The van der Waals surface area contributed by atoms with Crippen molar-refractivity contribution in [1.82, 2.24) is 4.31 Å². The Bertz CT molecular complexity index is 580. The minimum absolute atomic E-state index is 0.0999. The van der Waals surface area contributed by atoms with E-state index in [1.165, 1.54) is 12.1 Å². The number of rotatable bonds is 3. The number of alkyl halides is 3. The molecule has 0 N–H and O–H groups in total. The third-order valence-electron chi connectivity index (χ3n) is 2.87. The molecule has 0 unspecified atom stereocenters. The minimum atomic E-state index is -4.95. The number of sulfonamides is 1. The van der Waals surface area contributed by atoms with Crippen LogP contribution < -0.4 is 4.74 Å². The lowest BCUT2D eigenvalue weighted by Gasteiger charge is -2.21. The molecule has 0 bridgehead atoms. The van der Waals surface area contributed by atoms with E-state index in [-0.39, 0.29) is 19.7 Å². The van der Waals surface area contributed by atoms with Crippen molar-refractivity contribution in [3.05, 3.63) is 24.3 Å². The van der Waals surface area contributed by atoms with Crippen LogP contribution in [0.5, 0.6) is 5.75 Å². The van der Waals surface area contributed by atoms with E-state index in [4.69, 9.17) is 4.74 Å². The highest BCUT2D eigenvalue weighted by molar-refractivity contribution is 7.89. The number of para-hydroxylation sites is 1. The summed E-state index contributed by atoms with van der Waals surface area (Å²) in [5.74, 6) is -0.727. The van der Waals surface area contributed by atoms with Crippen LogP contribution in [0.15, 0.2) is 29.2 Å². The topological polar surface area (TPSA) is 55.8 Å². The lowest BCUT2D eigenvalue weighted by atomic mass is 10.3. The Balaban J connectivity index is 2.35. The van der Waals surface area contributed by atoms with Crippen molar-refractivity contribution in [3.8, 4) is 5.75 Å². The van der Waals surface area contributed by atoms with E-state index in [9.17, 15) is 21.6 Å². The van der Waals surface area contributed by atoms with Gasteiger partial charge in [-0.3, -0.25) is 0 Å². The molecule has 0 aliphatic carbocycles. The molecule has 0 saturated carbocycles. The van der Waals surface area contributed by atoms with Gasteiger partial charge in [-0.05, 0) is 18.6 Å². The quantitative estimate of drug-likeness (QED) is 0.853. The summed E-state index contributed by atoms with van der Waals surface area (Å²) in [5.41, 5.74) is 0. The average molecular weight is 325 g/mol. The Morgan fingerprint density at radius 1 is 1.14 bits per heavy atom. The fourth-order valence-electron chi connectivity index (χ4n) is 1.97. The summed E-state index contributed by atoms with van der Waals surface area (Å²) in [7, 11) is -4.06. The van der Waals surface area contributed by atoms with E-state index in [2.05, 4.69) is 4.74 Å². The molecule has 1 heterocycles. The number of hydrogen-bond donors (Lipinski definition) is 0. The van der Waals surface area contributed by atoms with Gasteiger partial charge in [-0.1, -0.05) is 12.1 Å². The first kappa shape index (κ1) is 16.1. The smallest absolute Gasteiger partial charge is 0.404 e. The highest BCUT2D eigenvalue weighted by atomic mass is 32.2. The van der Waals surface area contributed by atoms with Crippen molar-refractivity contribution in [2.24, 2.45) is 0 Å². The van der Waals surface area contributed by atoms with Gasteiger partial charge < -0.3 is 9.47 Å². The van der Waals surface area contributed by atoms with Crippen LogP contribution in [0.2, 0.25) is 0 Å². The molecule has 1 aliphatic rings. The predicted octanol–water partition coefficient (Wildman–Crippen LogP) is 2.00. The number of ether oxygens (including phenoxy) is 2. The molecule has 2 rings (SSSR count). The Morgan fingerprint density at radius 3 is 2.57 bits per heavy atom. The van der Waals surface area contributed by atoms with E-state index in [0.717, 1.165) is 16.4 Å². The Labute approximate surface area is 120 Å². The molecule has 21 heavy (non-hydrogen) atoms. The van der Waals surface area contributed by atoms with Gasteiger partial charge in [-0.2, -0.15) is 4.31 Å². The molecule has 1 aromatic rings. The first-order valence-corrected chi connectivity index (χ1v) is 7.67. The van der Waals surface area contributed by atoms with Crippen LogP contribution in [0, 0.1) is 0 Å². The lowest BCUT2D eigenvalue weighted by Crippen LogP contribution is -2.34. The van der Waals surface area contributed by atoms with Crippen molar-refractivity contribution >= 4 is 10.0 Å². The Hall–Kier alpha value is -1.32. The summed E-state index contributed by atoms with van der Waals surface area (Å²) in [5, 5.41) is 0. The standard InChI is InChI=1S/C12H14F3NO4S/c13-12(14,15)20-10-4-1-2-5-11(10)21(17,18)16-6-3-8-19-9-7-16/h1-2,4-5H,3,6-9H2. The van der Waals surface area contributed by atoms with Crippen LogP contribution in [-0.2, 0) is 14.8 Å². The summed E-state index contributed by atoms with van der Waals surface area (Å²) in [6, 6.07) is 4.72. The maximum absolute atomic E-state index is 12.5. The predicted molar refractivity (Wildman–Crippen MR) is 67.3 cm³/mol. The lowest BCUT2D eigenvalue weighted by molar-refractivity contribution is -0.275. The number of benzene rings is 1. The van der Waals surface area contributed by atoms with Crippen molar-refractivity contribution in [3.63, 3.8) is 0 Å². The zero-order valence-electron chi connectivity index (χ0n) is 11.0. The zero-order valence-corrected chi connectivity index (χ0v) is 11.8. The van der Waals surface area contributed by atoms with E-state index in [1.54, 1.807) is 0 Å². The molecular weight excluding hydrogens is 311 g/mol. The average Bonchev–Trinajstić information content (AvgIpc) is 2.66. The molecule has 9 heteroatoms. The van der Waals surface area contributed by atoms with Gasteiger partial charge >= 0.3 is 6.36 Å². The summed E-state index contributed by atoms with van der Waals surface area (Å²) < 4.78 is 72.1. The van der Waals surface area contributed by atoms with Crippen LogP contribution in [0.4, 0.5) is 13.2 Å². The largest absolute Gasteiger partial charge is 0.573 e. The molecule has 1 aliphatic heterocycles. The maximum atomic E-state index is 12.5. The van der Waals surface area contributed by atoms with Gasteiger partial charge in [0.15, 0.2) is 0 Å². The molecule has 0 aromatic heterocycles. The van der Waals surface area contributed by atoms with E-state index >= 15 is 0 Å². The molecule has 5 nitrogen and oxygen atoms in total. The molecular formula is C12H14F3NO4S. The van der Waals surface area contributed by atoms with Gasteiger partial charge in [-0.15, -0.1) is 13.2 Å². The van der Waals surface area contributed by atoms with Crippen LogP contribution in [-0.4, -0.2) is 45.4 Å². The molecule has 0 radical (unpaired) electrons. The second-order valence-corrected chi connectivity index (χ2v) is 6.27. The van der Waals surface area contributed by atoms with Gasteiger partial charge in [0.25, 0.3) is 0 Å². The number of hydrogen-bond acceptors (Lipinski definition) is 4. The van der Waals surface area contributed by atoms with Crippen molar-refractivity contribution < 1.29 is 31.1 Å². The number of halogens is 3. The first-order chi connectivity index (χ1) is 9.81. The van der Waals surface area contributed by atoms with Crippen molar-refractivity contribution in [1.29, 1.82) is 0 Å². The molecule has 118 valence electrons. The van der Waals surface area contributed by atoms with Crippen molar-refractivity contribution in [2.45, 2.75) is 17.7 Å². The fourth-order valence-corrected chi connectivity index (χ4v) is 3.55. The fraction of sp³-hybridized carbons (Fsp3) is 0.500. The maximum Gasteiger partial charge on any atom is 0.573 e.